The molecule has 0 aliphatic heterocycles. The van der Waals surface area contributed by atoms with E-state index in [0.29, 0.717) is 11.3 Å². The molecule has 2 amide bonds. The van der Waals surface area contributed by atoms with Gasteiger partial charge >= 0.3 is 0 Å². The van der Waals surface area contributed by atoms with Crippen molar-refractivity contribution in [1.82, 2.24) is 10.6 Å². The monoisotopic (exact) mass is 381 g/mol. The van der Waals surface area contributed by atoms with Gasteiger partial charge in [-0.3, -0.25) is 14.9 Å². The van der Waals surface area contributed by atoms with Gasteiger partial charge in [0.15, 0.2) is 5.11 Å². The van der Waals surface area contributed by atoms with Gasteiger partial charge in [-0.1, -0.05) is 29.8 Å². The average molecular weight is 382 g/mol. The number of thiocarbonyl (C=S) groups is 1. The van der Waals surface area contributed by atoms with E-state index in [1.807, 2.05) is 45.0 Å². The summed E-state index contributed by atoms with van der Waals surface area (Å²) in [5.41, 5.74) is 3.34. The topological polar surface area (TPSA) is 70.2 Å². The lowest BCUT2D eigenvalue weighted by atomic mass is 10.1. The van der Waals surface area contributed by atoms with Crippen LogP contribution in [0, 0.1) is 6.92 Å². The largest absolute Gasteiger partial charge is 0.350 e. The van der Waals surface area contributed by atoms with Crippen LogP contribution in [0.3, 0.4) is 0 Å². The molecule has 6 heteroatoms. The molecular weight excluding hydrogens is 358 g/mol. The van der Waals surface area contributed by atoms with E-state index in [-0.39, 0.29) is 23.0 Å². The van der Waals surface area contributed by atoms with Crippen molar-refractivity contribution >= 4 is 40.9 Å². The third-order valence-corrected chi connectivity index (χ3v) is 3.77. The predicted octanol–water partition coefficient (Wildman–Crippen LogP) is 3.66. The van der Waals surface area contributed by atoms with Gasteiger partial charge in [-0.25, -0.2) is 0 Å². The van der Waals surface area contributed by atoms with Crippen LogP contribution in [0.15, 0.2) is 54.6 Å². The maximum Gasteiger partial charge on any atom is 0.251 e. The van der Waals surface area contributed by atoms with E-state index in [0.717, 1.165) is 11.1 Å². The van der Waals surface area contributed by atoms with Gasteiger partial charge in [0.05, 0.1) is 0 Å². The van der Waals surface area contributed by atoms with Crippen molar-refractivity contribution in [2.24, 2.45) is 0 Å². The second kappa shape index (κ2) is 9.64. The van der Waals surface area contributed by atoms with Crippen LogP contribution in [0.1, 0.15) is 35.3 Å². The fraction of sp³-hybridized carbons (Fsp3) is 0.190. The summed E-state index contributed by atoms with van der Waals surface area (Å²) in [6.45, 7) is 5.82. The standard InChI is InChI=1S/C21H23N3O2S/c1-14(2)22-20(26)17-9-11-18(12-10-17)23-21(27)24-19(25)13-8-16-6-4-15(3)5-7-16/h4-14H,1-3H3,(H,22,26)(H2,23,24,25,27)/b13-8+. The highest BCUT2D eigenvalue weighted by atomic mass is 32.1. The van der Waals surface area contributed by atoms with Crippen LogP contribution >= 0.6 is 12.2 Å². The highest BCUT2D eigenvalue weighted by Gasteiger charge is 2.07. The lowest BCUT2D eigenvalue weighted by molar-refractivity contribution is -0.115. The Balaban J connectivity index is 1.86. The summed E-state index contributed by atoms with van der Waals surface area (Å²) >= 11 is 5.15. The lowest BCUT2D eigenvalue weighted by Crippen LogP contribution is -2.33. The molecule has 2 aromatic carbocycles. The summed E-state index contributed by atoms with van der Waals surface area (Å²) in [7, 11) is 0. The molecule has 2 aromatic rings. The highest BCUT2D eigenvalue weighted by Crippen LogP contribution is 2.10. The molecule has 0 saturated heterocycles. The normalized spacial score (nSPS) is 10.7. The van der Waals surface area contributed by atoms with Crippen molar-refractivity contribution < 1.29 is 9.59 Å². The molecule has 0 radical (unpaired) electrons. The molecule has 2 rings (SSSR count). The summed E-state index contributed by atoms with van der Waals surface area (Å²) in [5, 5.41) is 8.52. The first-order chi connectivity index (χ1) is 12.8. The van der Waals surface area contributed by atoms with Crippen LogP contribution in [-0.2, 0) is 4.79 Å². The first kappa shape index (κ1) is 20.3. The number of carbonyl (C=O) groups is 2. The van der Waals surface area contributed by atoms with E-state index in [4.69, 9.17) is 12.2 Å². The zero-order chi connectivity index (χ0) is 19.8. The number of benzene rings is 2. The zero-order valence-electron chi connectivity index (χ0n) is 15.6. The van der Waals surface area contributed by atoms with E-state index < -0.39 is 0 Å². The number of rotatable bonds is 5. The minimum Gasteiger partial charge on any atom is -0.350 e. The van der Waals surface area contributed by atoms with Gasteiger partial charge in [-0.2, -0.15) is 0 Å². The van der Waals surface area contributed by atoms with Crippen LogP contribution in [-0.4, -0.2) is 23.0 Å². The van der Waals surface area contributed by atoms with Crippen molar-refractivity contribution in [1.29, 1.82) is 0 Å². The molecule has 0 fully saturated rings. The lowest BCUT2D eigenvalue weighted by Gasteiger charge is -2.10. The molecule has 0 aromatic heterocycles. The molecule has 0 aliphatic carbocycles. The Hall–Kier alpha value is -2.99. The van der Waals surface area contributed by atoms with E-state index in [1.165, 1.54) is 6.08 Å². The van der Waals surface area contributed by atoms with Gasteiger partial charge in [-0.15, -0.1) is 0 Å². The maximum absolute atomic E-state index is 12.0. The molecule has 0 atom stereocenters. The van der Waals surface area contributed by atoms with Gasteiger partial charge in [0, 0.05) is 23.4 Å². The maximum atomic E-state index is 12.0. The quantitative estimate of drug-likeness (QED) is 0.546. The summed E-state index contributed by atoms with van der Waals surface area (Å²) < 4.78 is 0. The zero-order valence-corrected chi connectivity index (χ0v) is 16.4. The second-order valence-electron chi connectivity index (χ2n) is 6.39. The van der Waals surface area contributed by atoms with Crippen LogP contribution in [0.4, 0.5) is 5.69 Å². The van der Waals surface area contributed by atoms with Gasteiger partial charge in [0.2, 0.25) is 5.91 Å². The molecule has 0 saturated carbocycles. The molecule has 0 heterocycles. The van der Waals surface area contributed by atoms with E-state index in [2.05, 4.69) is 16.0 Å². The minimum absolute atomic E-state index is 0.0751. The molecule has 5 nitrogen and oxygen atoms in total. The van der Waals surface area contributed by atoms with E-state index in [9.17, 15) is 9.59 Å². The highest BCUT2D eigenvalue weighted by molar-refractivity contribution is 7.80. The van der Waals surface area contributed by atoms with Gasteiger partial charge in [0.1, 0.15) is 0 Å². The van der Waals surface area contributed by atoms with Crippen LogP contribution in [0.2, 0.25) is 0 Å². The summed E-state index contributed by atoms with van der Waals surface area (Å²) in [4.78, 5) is 23.9. The van der Waals surface area contributed by atoms with Crippen LogP contribution in [0.25, 0.3) is 6.08 Å². The molecular formula is C21H23N3O2S. The van der Waals surface area contributed by atoms with Crippen molar-refractivity contribution in [3.63, 3.8) is 0 Å². The van der Waals surface area contributed by atoms with E-state index >= 15 is 0 Å². The second-order valence-corrected chi connectivity index (χ2v) is 6.80. The molecule has 0 aliphatic rings. The Morgan fingerprint density at radius 1 is 1.00 bits per heavy atom. The average Bonchev–Trinajstić information content (AvgIpc) is 2.61. The Morgan fingerprint density at radius 2 is 1.63 bits per heavy atom. The smallest absolute Gasteiger partial charge is 0.251 e. The Bertz CT molecular complexity index is 841. The Labute approximate surface area is 164 Å². The molecule has 0 unspecified atom stereocenters. The molecule has 0 bridgehead atoms. The third-order valence-electron chi connectivity index (χ3n) is 3.57. The minimum atomic E-state index is -0.319. The van der Waals surface area contributed by atoms with Crippen molar-refractivity contribution in [2.45, 2.75) is 26.8 Å². The van der Waals surface area contributed by atoms with Crippen molar-refractivity contribution in [2.75, 3.05) is 5.32 Å². The third kappa shape index (κ3) is 7.03. The van der Waals surface area contributed by atoms with Crippen LogP contribution in [0.5, 0.6) is 0 Å². The van der Waals surface area contributed by atoms with Gasteiger partial charge in [-0.05, 0) is 68.9 Å². The number of aryl methyl sites for hydroxylation is 1. The SMILES string of the molecule is Cc1ccc(/C=C/C(=O)NC(=S)Nc2ccc(C(=O)NC(C)C)cc2)cc1. The van der Waals surface area contributed by atoms with Crippen molar-refractivity contribution in [3.8, 4) is 0 Å². The Morgan fingerprint density at radius 3 is 2.22 bits per heavy atom. The molecule has 27 heavy (non-hydrogen) atoms. The molecule has 0 spiro atoms. The number of anilines is 1. The number of nitrogens with one attached hydrogen (secondary N) is 3. The number of carbonyl (C=O) groups excluding carboxylic acids is 2. The summed E-state index contributed by atoms with van der Waals surface area (Å²) in [5.74, 6) is -0.449. The fourth-order valence-electron chi connectivity index (χ4n) is 2.22. The predicted molar refractivity (Wildman–Crippen MR) is 114 cm³/mol. The van der Waals surface area contributed by atoms with E-state index in [1.54, 1.807) is 30.3 Å². The fourth-order valence-corrected chi connectivity index (χ4v) is 2.43. The number of hydrogen-bond acceptors (Lipinski definition) is 3. The number of hydrogen-bond donors (Lipinski definition) is 3. The van der Waals surface area contributed by atoms with Gasteiger partial charge < -0.3 is 10.6 Å². The molecule has 140 valence electrons. The van der Waals surface area contributed by atoms with Gasteiger partial charge in [0.25, 0.3) is 5.91 Å². The Kier molecular flexibility index (Phi) is 7.25. The summed E-state index contributed by atoms with van der Waals surface area (Å²) in [6, 6.07) is 14.8. The first-order valence-electron chi connectivity index (χ1n) is 8.61. The molecule has 3 N–H and O–H groups in total. The van der Waals surface area contributed by atoms with Crippen LogP contribution < -0.4 is 16.0 Å². The van der Waals surface area contributed by atoms with Crippen molar-refractivity contribution in [3.05, 3.63) is 71.3 Å². The number of amides is 2. The first-order valence-corrected chi connectivity index (χ1v) is 9.02. The summed E-state index contributed by atoms with van der Waals surface area (Å²) in [6.07, 6.45) is 3.15.